The number of halogens is 5. The molecule has 0 fully saturated rings. The van der Waals surface area contributed by atoms with Gasteiger partial charge in [-0.2, -0.15) is 23.1 Å². The van der Waals surface area contributed by atoms with Gasteiger partial charge in [0.25, 0.3) is 0 Å². The molecule has 2 heterocycles. The largest absolute Gasteiger partial charge is 0.405 e. The molecule has 0 aliphatic rings. The highest BCUT2D eigenvalue weighted by Crippen LogP contribution is 2.25. The topological polar surface area (TPSA) is 75.6 Å². The first-order chi connectivity index (χ1) is 15.3. The van der Waals surface area contributed by atoms with Crippen LogP contribution in [0.25, 0.3) is 22.4 Å². The smallest absolute Gasteiger partial charge is 0.359 e. The van der Waals surface area contributed by atoms with Crippen molar-refractivity contribution in [1.29, 1.82) is 0 Å². The van der Waals surface area contributed by atoms with Crippen LogP contribution in [0, 0.1) is 5.82 Å². The molecule has 0 amide bonds. The second-order valence-electron chi connectivity index (χ2n) is 6.74. The average Bonchev–Trinajstić information content (AvgIpc) is 2.76. The minimum atomic E-state index is -4.46. The van der Waals surface area contributed by atoms with E-state index in [1.807, 2.05) is 24.3 Å². The molecule has 0 unspecified atom stereocenters. The summed E-state index contributed by atoms with van der Waals surface area (Å²) in [5.41, 5.74) is 2.01. The van der Waals surface area contributed by atoms with Gasteiger partial charge in [-0.05, 0) is 35.9 Å². The van der Waals surface area contributed by atoms with Gasteiger partial charge in [0, 0.05) is 16.6 Å². The lowest BCUT2D eigenvalue weighted by Gasteiger charge is -2.13. The highest BCUT2D eigenvalue weighted by molar-refractivity contribution is 9.10. The zero-order valence-electron chi connectivity index (χ0n) is 16.3. The van der Waals surface area contributed by atoms with Crippen LogP contribution in [0.1, 0.15) is 5.56 Å². The monoisotopic (exact) mass is 506 g/mol. The van der Waals surface area contributed by atoms with Gasteiger partial charge in [-0.3, -0.25) is 0 Å². The zero-order chi connectivity index (χ0) is 22.7. The van der Waals surface area contributed by atoms with Gasteiger partial charge >= 0.3 is 6.18 Å². The first-order valence-electron chi connectivity index (χ1n) is 9.37. The molecule has 0 bridgehead atoms. The average molecular weight is 507 g/mol. The van der Waals surface area contributed by atoms with Gasteiger partial charge < -0.3 is 10.6 Å². The summed E-state index contributed by atoms with van der Waals surface area (Å²) in [6.07, 6.45) is -3.03. The number of alkyl halides is 3. The fourth-order valence-corrected chi connectivity index (χ4v) is 3.29. The van der Waals surface area contributed by atoms with Crippen LogP contribution in [0.5, 0.6) is 0 Å². The Kier molecular flexibility index (Phi) is 6.17. The Morgan fingerprint density at radius 2 is 1.66 bits per heavy atom. The van der Waals surface area contributed by atoms with Crippen molar-refractivity contribution in [3.05, 3.63) is 70.6 Å². The van der Waals surface area contributed by atoms with Crippen molar-refractivity contribution in [3.63, 3.8) is 0 Å². The van der Waals surface area contributed by atoms with Crippen LogP contribution < -0.4 is 10.6 Å². The van der Waals surface area contributed by atoms with Crippen molar-refractivity contribution >= 4 is 38.9 Å². The Morgan fingerprint density at radius 3 is 2.38 bits per heavy atom. The summed E-state index contributed by atoms with van der Waals surface area (Å²) >= 11 is 3.44. The third kappa shape index (κ3) is 5.28. The van der Waals surface area contributed by atoms with Gasteiger partial charge in [0.2, 0.25) is 5.95 Å². The number of anilines is 2. The molecular weight excluding hydrogens is 492 g/mol. The van der Waals surface area contributed by atoms with E-state index in [2.05, 4.69) is 46.5 Å². The van der Waals surface area contributed by atoms with E-state index in [1.54, 1.807) is 0 Å². The summed E-state index contributed by atoms with van der Waals surface area (Å²) in [5, 5.41) is 5.28. The Morgan fingerprint density at radius 1 is 0.906 bits per heavy atom. The summed E-state index contributed by atoms with van der Waals surface area (Å²) < 4.78 is 52.6. The quantitative estimate of drug-likeness (QED) is 0.333. The maximum Gasteiger partial charge on any atom is 0.405 e. The fourth-order valence-electron chi connectivity index (χ4n) is 2.87. The minimum Gasteiger partial charge on any atom is -0.359 e. The number of aromatic nitrogens is 4. The van der Waals surface area contributed by atoms with Crippen molar-refractivity contribution in [2.75, 3.05) is 17.2 Å². The third-order valence-electron chi connectivity index (χ3n) is 4.40. The van der Waals surface area contributed by atoms with Crippen LogP contribution in [-0.4, -0.2) is 32.7 Å². The number of fused-ring (bicyclic) bond motifs is 1. The van der Waals surface area contributed by atoms with Crippen LogP contribution >= 0.6 is 15.9 Å². The first kappa shape index (κ1) is 21.9. The number of hydrogen-bond donors (Lipinski definition) is 2. The van der Waals surface area contributed by atoms with E-state index in [0.717, 1.165) is 10.0 Å². The molecule has 164 valence electrons. The number of benzene rings is 2. The molecule has 4 rings (SSSR count). The molecule has 0 atom stereocenters. The van der Waals surface area contributed by atoms with Crippen molar-refractivity contribution in [3.8, 4) is 11.3 Å². The van der Waals surface area contributed by atoms with E-state index in [-0.39, 0.29) is 22.9 Å². The standard InChI is InChI=1S/C21H15BrF4N6/c22-15-4-2-1-3-13(15)9-28-20-31-18-17(19(32-20)29-11-21(24,25)26)30-16(10-27-18)12-5-7-14(23)8-6-12/h1-8,10H,9,11H2,(H2,27,28,29,31,32). The van der Waals surface area contributed by atoms with Gasteiger partial charge in [0.1, 0.15) is 12.4 Å². The molecule has 0 aliphatic heterocycles. The zero-order valence-corrected chi connectivity index (χ0v) is 17.9. The lowest BCUT2D eigenvalue weighted by atomic mass is 10.1. The molecule has 2 aromatic heterocycles. The predicted octanol–water partition coefficient (Wildman–Crippen LogP) is 5.57. The van der Waals surface area contributed by atoms with Gasteiger partial charge in [-0.1, -0.05) is 34.1 Å². The predicted molar refractivity (Wildman–Crippen MR) is 117 cm³/mol. The van der Waals surface area contributed by atoms with E-state index in [4.69, 9.17) is 0 Å². The second-order valence-corrected chi connectivity index (χ2v) is 7.60. The molecule has 0 saturated carbocycles. The van der Waals surface area contributed by atoms with Crippen molar-refractivity contribution in [2.24, 2.45) is 0 Å². The van der Waals surface area contributed by atoms with Crippen molar-refractivity contribution in [2.45, 2.75) is 12.7 Å². The summed E-state index contributed by atoms with van der Waals surface area (Å²) in [6.45, 7) is -0.960. The summed E-state index contributed by atoms with van der Waals surface area (Å²) in [6, 6.07) is 13.0. The van der Waals surface area contributed by atoms with Crippen LogP contribution in [0.4, 0.5) is 29.3 Å². The minimum absolute atomic E-state index is 0.0718. The molecule has 32 heavy (non-hydrogen) atoms. The number of hydrogen-bond acceptors (Lipinski definition) is 6. The van der Waals surface area contributed by atoms with Crippen LogP contribution in [0.3, 0.4) is 0 Å². The molecule has 0 spiro atoms. The molecule has 4 aromatic rings. The third-order valence-corrected chi connectivity index (χ3v) is 5.17. The van der Waals surface area contributed by atoms with Crippen LogP contribution in [-0.2, 0) is 6.54 Å². The van der Waals surface area contributed by atoms with E-state index in [1.165, 1.54) is 30.5 Å². The molecule has 0 aliphatic carbocycles. The van der Waals surface area contributed by atoms with E-state index >= 15 is 0 Å². The normalized spacial score (nSPS) is 11.5. The van der Waals surface area contributed by atoms with E-state index in [0.29, 0.717) is 17.8 Å². The van der Waals surface area contributed by atoms with Crippen molar-refractivity contribution < 1.29 is 17.6 Å². The van der Waals surface area contributed by atoms with Crippen LogP contribution in [0.2, 0.25) is 0 Å². The van der Waals surface area contributed by atoms with Gasteiger partial charge in [0.15, 0.2) is 17.0 Å². The summed E-state index contributed by atoms with van der Waals surface area (Å²) in [7, 11) is 0. The number of rotatable bonds is 6. The number of nitrogens with zero attached hydrogens (tertiary/aromatic N) is 4. The van der Waals surface area contributed by atoms with Gasteiger partial charge in [0.05, 0.1) is 11.9 Å². The van der Waals surface area contributed by atoms with Gasteiger partial charge in [-0.15, -0.1) is 0 Å². The fraction of sp³-hybridized carbons (Fsp3) is 0.143. The maximum absolute atomic E-state index is 13.2. The SMILES string of the molecule is Fc1ccc(-c2cnc3nc(NCc4ccccc4Br)nc(NCC(F)(F)F)c3n2)cc1. The van der Waals surface area contributed by atoms with Gasteiger partial charge in [-0.25, -0.2) is 14.4 Å². The highest BCUT2D eigenvalue weighted by Gasteiger charge is 2.27. The molecule has 2 aromatic carbocycles. The lowest BCUT2D eigenvalue weighted by Crippen LogP contribution is -2.22. The molecule has 11 heteroatoms. The Balaban J connectivity index is 1.70. The summed E-state index contributed by atoms with van der Waals surface area (Å²) in [4.78, 5) is 17.1. The van der Waals surface area contributed by atoms with E-state index in [9.17, 15) is 17.6 Å². The Hall–Kier alpha value is -3.34. The Labute approximate surface area is 188 Å². The lowest BCUT2D eigenvalue weighted by molar-refractivity contribution is -0.115. The van der Waals surface area contributed by atoms with E-state index < -0.39 is 18.5 Å². The molecule has 0 radical (unpaired) electrons. The molecule has 2 N–H and O–H groups in total. The number of nitrogens with one attached hydrogen (secondary N) is 2. The van der Waals surface area contributed by atoms with Crippen LogP contribution in [0.15, 0.2) is 59.2 Å². The maximum atomic E-state index is 13.2. The van der Waals surface area contributed by atoms with Crippen molar-refractivity contribution in [1.82, 2.24) is 19.9 Å². The molecule has 0 saturated heterocycles. The molecule has 6 nitrogen and oxygen atoms in total. The first-order valence-corrected chi connectivity index (χ1v) is 10.2. The summed E-state index contributed by atoms with van der Waals surface area (Å²) in [5.74, 6) is -0.431. The highest BCUT2D eigenvalue weighted by atomic mass is 79.9. The Bertz CT molecular complexity index is 1250. The second kappa shape index (κ2) is 9.03. The molecular formula is C21H15BrF4N6.